The number of benzene rings is 1. The quantitative estimate of drug-likeness (QED) is 0.695. The molecule has 0 atom stereocenters. The zero-order valence-corrected chi connectivity index (χ0v) is 7.48. The fourth-order valence-electron chi connectivity index (χ4n) is 1.25. The lowest BCUT2D eigenvalue weighted by Crippen LogP contribution is -1.94. The van der Waals surface area contributed by atoms with Crippen molar-refractivity contribution in [1.82, 2.24) is 0 Å². The molecule has 0 aliphatic carbocycles. The zero-order valence-electron chi connectivity index (χ0n) is 7.48. The molecule has 0 bridgehead atoms. The maximum Gasteiger partial charge on any atom is 0.336 e. The highest BCUT2D eigenvalue weighted by Gasteiger charge is 2.05. The van der Waals surface area contributed by atoms with Crippen LogP contribution in [0.25, 0.3) is 11.0 Å². The van der Waals surface area contributed by atoms with E-state index in [2.05, 4.69) is 0 Å². The summed E-state index contributed by atoms with van der Waals surface area (Å²) in [4.78, 5) is 10.9. The predicted molar refractivity (Wildman–Crippen MR) is 50.7 cm³/mol. The van der Waals surface area contributed by atoms with E-state index in [0.29, 0.717) is 16.7 Å². The minimum Gasteiger partial charge on any atom is -0.507 e. The normalized spacial score (nSPS) is 10.4. The molecule has 0 aliphatic rings. The summed E-state index contributed by atoms with van der Waals surface area (Å²) in [5.74, 6) is 0.479. The molecule has 1 N–H and O–H groups in total. The molecule has 0 unspecified atom stereocenters. The highest BCUT2D eigenvalue weighted by molar-refractivity contribution is 5.84. The van der Waals surface area contributed by atoms with Crippen molar-refractivity contribution in [2.24, 2.45) is 0 Å². The van der Waals surface area contributed by atoms with Crippen molar-refractivity contribution in [3.8, 4) is 11.5 Å². The second-order valence-corrected chi connectivity index (χ2v) is 2.81. The summed E-state index contributed by atoms with van der Waals surface area (Å²) in [7, 11) is 1.47. The topological polar surface area (TPSA) is 59.7 Å². The number of fused-ring (bicyclic) bond motifs is 1. The summed E-state index contributed by atoms with van der Waals surface area (Å²) in [6.07, 6.45) is 0. The van der Waals surface area contributed by atoms with E-state index in [0.717, 1.165) is 0 Å². The summed E-state index contributed by atoms with van der Waals surface area (Å²) in [6.45, 7) is 0. The summed E-state index contributed by atoms with van der Waals surface area (Å²) in [6, 6.07) is 5.78. The number of aromatic hydroxyl groups is 1. The zero-order chi connectivity index (χ0) is 10.1. The van der Waals surface area contributed by atoms with Crippen molar-refractivity contribution in [2.75, 3.05) is 7.11 Å². The van der Waals surface area contributed by atoms with Crippen molar-refractivity contribution in [2.45, 2.75) is 0 Å². The Balaban J connectivity index is 2.83. The van der Waals surface area contributed by atoms with E-state index in [1.165, 1.54) is 25.3 Å². The van der Waals surface area contributed by atoms with Gasteiger partial charge in [0.25, 0.3) is 0 Å². The molecule has 72 valence electrons. The Morgan fingerprint density at radius 2 is 2.14 bits per heavy atom. The van der Waals surface area contributed by atoms with Crippen LogP contribution in [0, 0.1) is 0 Å². The van der Waals surface area contributed by atoms with E-state index in [1.807, 2.05) is 0 Å². The van der Waals surface area contributed by atoms with Gasteiger partial charge in [0.1, 0.15) is 17.1 Å². The molecule has 1 heterocycles. The van der Waals surface area contributed by atoms with Crippen LogP contribution in [0.4, 0.5) is 0 Å². The van der Waals surface area contributed by atoms with Gasteiger partial charge in [-0.2, -0.15) is 0 Å². The first kappa shape index (κ1) is 8.62. The third-order valence-corrected chi connectivity index (χ3v) is 1.93. The molecule has 0 spiro atoms. The second-order valence-electron chi connectivity index (χ2n) is 2.81. The maximum absolute atomic E-state index is 10.9. The van der Waals surface area contributed by atoms with E-state index in [9.17, 15) is 9.90 Å². The van der Waals surface area contributed by atoms with Gasteiger partial charge in [0.05, 0.1) is 12.5 Å². The van der Waals surface area contributed by atoms with Gasteiger partial charge in [-0.1, -0.05) is 0 Å². The fraction of sp³-hybridized carbons (Fsp3) is 0.100. The molecule has 0 saturated heterocycles. The molecule has 0 fully saturated rings. The van der Waals surface area contributed by atoms with E-state index in [4.69, 9.17) is 9.15 Å². The van der Waals surface area contributed by atoms with Crippen LogP contribution in [0.1, 0.15) is 0 Å². The number of phenols is 1. The van der Waals surface area contributed by atoms with Gasteiger partial charge in [-0.15, -0.1) is 0 Å². The first-order valence-corrected chi connectivity index (χ1v) is 4.01. The first-order valence-electron chi connectivity index (χ1n) is 4.01. The third-order valence-electron chi connectivity index (χ3n) is 1.93. The number of rotatable bonds is 1. The Kier molecular flexibility index (Phi) is 1.89. The monoisotopic (exact) mass is 192 g/mol. The molecular formula is C10H8O4. The summed E-state index contributed by atoms with van der Waals surface area (Å²) in [5.41, 5.74) is -0.139. The van der Waals surface area contributed by atoms with Gasteiger partial charge in [-0.25, -0.2) is 4.79 Å². The molecule has 1 aromatic carbocycles. The van der Waals surface area contributed by atoms with Gasteiger partial charge in [0.15, 0.2) is 0 Å². The van der Waals surface area contributed by atoms with Crippen LogP contribution < -0.4 is 10.4 Å². The molecule has 4 heteroatoms. The molecule has 0 saturated carbocycles. The Hall–Kier alpha value is -1.97. The van der Waals surface area contributed by atoms with Gasteiger partial charge >= 0.3 is 5.63 Å². The standard InChI is InChI=1S/C10H8O4/c1-13-6-4-8(11)7-2-3-10(12)14-9(7)5-6/h2-5,11H,1H3. The molecule has 1 aromatic heterocycles. The van der Waals surface area contributed by atoms with Crippen LogP contribution >= 0.6 is 0 Å². The van der Waals surface area contributed by atoms with Crippen LogP contribution in [-0.2, 0) is 0 Å². The summed E-state index contributed by atoms with van der Waals surface area (Å²) >= 11 is 0. The summed E-state index contributed by atoms with van der Waals surface area (Å²) in [5, 5.41) is 10.0. The molecule has 14 heavy (non-hydrogen) atoms. The molecule has 0 amide bonds. The van der Waals surface area contributed by atoms with Gasteiger partial charge in [0, 0.05) is 18.2 Å². The lowest BCUT2D eigenvalue weighted by atomic mass is 10.2. The Morgan fingerprint density at radius 1 is 1.36 bits per heavy atom. The van der Waals surface area contributed by atoms with Crippen molar-refractivity contribution in [3.63, 3.8) is 0 Å². The van der Waals surface area contributed by atoms with Gasteiger partial charge in [0.2, 0.25) is 0 Å². The van der Waals surface area contributed by atoms with E-state index in [1.54, 1.807) is 6.07 Å². The molecule has 2 rings (SSSR count). The van der Waals surface area contributed by atoms with Crippen LogP contribution in [0.5, 0.6) is 11.5 Å². The van der Waals surface area contributed by atoms with Crippen molar-refractivity contribution >= 4 is 11.0 Å². The largest absolute Gasteiger partial charge is 0.507 e. The van der Waals surface area contributed by atoms with Gasteiger partial charge in [-0.3, -0.25) is 0 Å². The summed E-state index contributed by atoms with van der Waals surface area (Å²) < 4.78 is 9.81. The van der Waals surface area contributed by atoms with Gasteiger partial charge in [-0.05, 0) is 6.07 Å². The van der Waals surface area contributed by atoms with Crippen molar-refractivity contribution in [1.29, 1.82) is 0 Å². The molecule has 2 aromatic rings. The number of ether oxygens (including phenoxy) is 1. The Labute approximate surface area is 79.4 Å². The van der Waals surface area contributed by atoms with E-state index >= 15 is 0 Å². The number of hydrogen-bond donors (Lipinski definition) is 1. The first-order chi connectivity index (χ1) is 6.70. The molecule has 0 aliphatic heterocycles. The Bertz CT molecular complexity index is 527. The minimum absolute atomic E-state index is 0.0306. The molecular weight excluding hydrogens is 184 g/mol. The van der Waals surface area contributed by atoms with Crippen LogP contribution in [-0.4, -0.2) is 12.2 Å². The number of hydrogen-bond acceptors (Lipinski definition) is 4. The van der Waals surface area contributed by atoms with E-state index < -0.39 is 5.63 Å². The van der Waals surface area contributed by atoms with Gasteiger partial charge < -0.3 is 14.3 Å². The van der Waals surface area contributed by atoms with Crippen molar-refractivity contribution in [3.05, 3.63) is 34.7 Å². The third kappa shape index (κ3) is 1.31. The number of phenolic OH excluding ortho intramolecular Hbond substituents is 1. The van der Waals surface area contributed by atoms with Crippen molar-refractivity contribution < 1.29 is 14.3 Å². The SMILES string of the molecule is COc1cc(O)c2ccc(=O)oc2c1. The average Bonchev–Trinajstić information content (AvgIpc) is 2.16. The highest BCUT2D eigenvalue weighted by Crippen LogP contribution is 2.28. The predicted octanol–water partition coefficient (Wildman–Crippen LogP) is 1.51. The van der Waals surface area contributed by atoms with E-state index in [-0.39, 0.29) is 5.75 Å². The fourth-order valence-corrected chi connectivity index (χ4v) is 1.25. The maximum atomic E-state index is 10.9. The van der Waals surface area contributed by atoms with Crippen LogP contribution in [0.15, 0.2) is 33.5 Å². The molecule has 0 radical (unpaired) electrons. The smallest absolute Gasteiger partial charge is 0.336 e. The minimum atomic E-state index is -0.454. The second kappa shape index (κ2) is 3.06. The number of methoxy groups -OCH3 is 1. The van der Waals surface area contributed by atoms with Crippen LogP contribution in [0.2, 0.25) is 0 Å². The molecule has 4 nitrogen and oxygen atoms in total. The average molecular weight is 192 g/mol. The lowest BCUT2D eigenvalue weighted by Gasteiger charge is -2.03. The Morgan fingerprint density at radius 3 is 2.86 bits per heavy atom. The van der Waals surface area contributed by atoms with Crippen LogP contribution in [0.3, 0.4) is 0 Å². The lowest BCUT2D eigenvalue weighted by molar-refractivity contribution is 0.407. The highest BCUT2D eigenvalue weighted by atomic mass is 16.5.